The highest BCUT2D eigenvalue weighted by Crippen LogP contribution is 2.34. The van der Waals surface area contributed by atoms with Crippen LogP contribution in [0.15, 0.2) is 48.9 Å². The van der Waals surface area contributed by atoms with E-state index in [-0.39, 0.29) is 11.6 Å². The minimum absolute atomic E-state index is 0.0135. The van der Waals surface area contributed by atoms with Gasteiger partial charge in [-0.15, -0.1) is 0 Å². The number of hydrogen-bond acceptors (Lipinski definition) is 6. The third kappa shape index (κ3) is 2.84. The maximum Gasteiger partial charge on any atom is 0.270 e. The summed E-state index contributed by atoms with van der Waals surface area (Å²) in [5.74, 6) is 0.135. The second-order valence-electron chi connectivity index (χ2n) is 4.99. The van der Waals surface area contributed by atoms with Crippen molar-refractivity contribution in [3.8, 4) is 22.4 Å². The van der Waals surface area contributed by atoms with Gasteiger partial charge in [0.15, 0.2) is 0 Å². The van der Waals surface area contributed by atoms with Crippen LogP contribution in [-0.4, -0.2) is 19.9 Å². The average molecular weight is 307 g/mol. The molecule has 7 nitrogen and oxygen atoms in total. The standard InChI is InChI=1S/C16H13N5O2/c1-10-4-5-12(21(22)23)7-13(10)14-9-19-16(17)20-15(14)11-3-2-6-18-8-11/h2-9H,1H3,(H2,17,19,20). The second kappa shape index (κ2) is 5.80. The summed E-state index contributed by atoms with van der Waals surface area (Å²) >= 11 is 0. The van der Waals surface area contributed by atoms with Crippen molar-refractivity contribution >= 4 is 11.6 Å². The Bertz CT molecular complexity index is 881. The maximum absolute atomic E-state index is 11.0. The van der Waals surface area contributed by atoms with Gasteiger partial charge in [0.25, 0.3) is 5.69 Å². The molecule has 7 heteroatoms. The molecule has 0 bridgehead atoms. The van der Waals surface area contributed by atoms with E-state index in [1.807, 2.05) is 13.0 Å². The van der Waals surface area contributed by atoms with Gasteiger partial charge in [0.2, 0.25) is 5.95 Å². The number of nitro benzene ring substituents is 1. The van der Waals surface area contributed by atoms with Gasteiger partial charge in [0.05, 0.1) is 10.6 Å². The van der Waals surface area contributed by atoms with Crippen molar-refractivity contribution in [3.05, 3.63) is 64.6 Å². The van der Waals surface area contributed by atoms with Crippen LogP contribution < -0.4 is 5.73 Å². The molecule has 0 atom stereocenters. The number of nitro groups is 1. The Morgan fingerprint density at radius 3 is 2.70 bits per heavy atom. The lowest BCUT2D eigenvalue weighted by molar-refractivity contribution is -0.384. The topological polar surface area (TPSA) is 108 Å². The van der Waals surface area contributed by atoms with Gasteiger partial charge >= 0.3 is 0 Å². The molecular formula is C16H13N5O2. The molecule has 0 radical (unpaired) electrons. The van der Waals surface area contributed by atoms with Crippen molar-refractivity contribution in [2.45, 2.75) is 6.92 Å². The van der Waals surface area contributed by atoms with Gasteiger partial charge in [0, 0.05) is 41.9 Å². The zero-order chi connectivity index (χ0) is 16.4. The molecule has 23 heavy (non-hydrogen) atoms. The van der Waals surface area contributed by atoms with Crippen LogP contribution in [0.2, 0.25) is 0 Å². The molecule has 0 fully saturated rings. The normalized spacial score (nSPS) is 10.5. The molecule has 0 aliphatic carbocycles. The summed E-state index contributed by atoms with van der Waals surface area (Å²) in [5.41, 5.74) is 9.33. The molecule has 0 aliphatic rings. The van der Waals surface area contributed by atoms with Gasteiger partial charge in [-0.3, -0.25) is 15.1 Å². The summed E-state index contributed by atoms with van der Waals surface area (Å²) in [6.07, 6.45) is 4.90. The van der Waals surface area contributed by atoms with Gasteiger partial charge in [-0.25, -0.2) is 9.97 Å². The molecule has 3 rings (SSSR count). The smallest absolute Gasteiger partial charge is 0.270 e. The molecule has 3 aromatic rings. The van der Waals surface area contributed by atoms with E-state index in [9.17, 15) is 10.1 Å². The zero-order valence-electron chi connectivity index (χ0n) is 12.3. The van der Waals surface area contributed by atoms with Gasteiger partial charge in [0.1, 0.15) is 0 Å². The Labute approximate surface area is 132 Å². The number of non-ortho nitro benzene ring substituents is 1. The van der Waals surface area contributed by atoms with E-state index in [2.05, 4.69) is 15.0 Å². The van der Waals surface area contributed by atoms with Crippen molar-refractivity contribution in [3.63, 3.8) is 0 Å². The third-order valence-corrected chi connectivity index (χ3v) is 3.46. The molecule has 0 unspecified atom stereocenters. The van der Waals surface area contributed by atoms with E-state index in [0.29, 0.717) is 16.8 Å². The molecule has 0 amide bonds. The minimum Gasteiger partial charge on any atom is -0.368 e. The highest BCUT2D eigenvalue weighted by Gasteiger charge is 2.16. The monoisotopic (exact) mass is 307 g/mol. The van der Waals surface area contributed by atoms with Crippen LogP contribution >= 0.6 is 0 Å². The summed E-state index contributed by atoms with van der Waals surface area (Å²) in [6, 6.07) is 8.34. The third-order valence-electron chi connectivity index (χ3n) is 3.46. The minimum atomic E-state index is -0.426. The summed E-state index contributed by atoms with van der Waals surface area (Å²) < 4.78 is 0. The Morgan fingerprint density at radius 1 is 1.17 bits per heavy atom. The van der Waals surface area contributed by atoms with E-state index in [1.54, 1.807) is 30.7 Å². The van der Waals surface area contributed by atoms with Crippen molar-refractivity contribution in [1.29, 1.82) is 0 Å². The highest BCUT2D eigenvalue weighted by atomic mass is 16.6. The number of benzene rings is 1. The van der Waals surface area contributed by atoms with E-state index >= 15 is 0 Å². The van der Waals surface area contributed by atoms with Gasteiger partial charge in [-0.2, -0.15) is 0 Å². The van der Waals surface area contributed by atoms with Crippen LogP contribution in [0.5, 0.6) is 0 Å². The second-order valence-corrected chi connectivity index (χ2v) is 4.99. The first-order valence-corrected chi connectivity index (χ1v) is 6.84. The fraction of sp³-hybridized carbons (Fsp3) is 0.0625. The largest absolute Gasteiger partial charge is 0.368 e. The molecule has 0 spiro atoms. The number of rotatable bonds is 3. The zero-order valence-corrected chi connectivity index (χ0v) is 12.3. The first kappa shape index (κ1) is 14.6. The van der Waals surface area contributed by atoms with Crippen LogP contribution in [0, 0.1) is 17.0 Å². The van der Waals surface area contributed by atoms with Gasteiger partial charge in [-0.1, -0.05) is 6.07 Å². The quantitative estimate of drug-likeness (QED) is 0.588. The molecule has 0 aliphatic heterocycles. The van der Waals surface area contributed by atoms with Crippen LogP contribution in [0.4, 0.5) is 11.6 Å². The molecule has 0 saturated heterocycles. The Hall–Kier alpha value is -3.35. The SMILES string of the molecule is Cc1ccc([N+](=O)[O-])cc1-c1cnc(N)nc1-c1cccnc1. The number of nitrogens with zero attached hydrogens (tertiary/aromatic N) is 4. The lowest BCUT2D eigenvalue weighted by Crippen LogP contribution is -2.00. The van der Waals surface area contributed by atoms with E-state index < -0.39 is 4.92 Å². The van der Waals surface area contributed by atoms with Crippen LogP contribution in [0.1, 0.15) is 5.56 Å². The van der Waals surface area contributed by atoms with Crippen molar-refractivity contribution in [2.75, 3.05) is 5.73 Å². The van der Waals surface area contributed by atoms with Crippen LogP contribution in [0.3, 0.4) is 0 Å². The Kier molecular flexibility index (Phi) is 3.68. The molecule has 1 aromatic carbocycles. The molecule has 2 N–H and O–H groups in total. The van der Waals surface area contributed by atoms with Crippen LogP contribution in [-0.2, 0) is 0 Å². The number of aryl methyl sites for hydroxylation is 1. The van der Waals surface area contributed by atoms with Gasteiger partial charge < -0.3 is 5.73 Å². The summed E-state index contributed by atoms with van der Waals surface area (Å²) in [4.78, 5) is 23.0. The fourth-order valence-electron chi connectivity index (χ4n) is 2.33. The number of hydrogen-bond donors (Lipinski definition) is 1. The number of aromatic nitrogens is 3. The van der Waals surface area contributed by atoms with E-state index in [4.69, 9.17) is 5.73 Å². The number of pyridine rings is 1. The molecule has 114 valence electrons. The summed E-state index contributed by atoms with van der Waals surface area (Å²) in [7, 11) is 0. The Balaban J connectivity index is 2.25. The molecule has 2 aromatic heterocycles. The fourth-order valence-corrected chi connectivity index (χ4v) is 2.33. The van der Waals surface area contributed by atoms with E-state index in [1.165, 1.54) is 12.1 Å². The lowest BCUT2D eigenvalue weighted by atomic mass is 9.97. The number of nitrogens with two attached hydrogens (primary N) is 1. The van der Waals surface area contributed by atoms with Crippen molar-refractivity contribution in [2.24, 2.45) is 0 Å². The number of nitrogen functional groups attached to an aromatic ring is 1. The van der Waals surface area contributed by atoms with E-state index in [0.717, 1.165) is 11.1 Å². The van der Waals surface area contributed by atoms with Gasteiger partial charge in [-0.05, 0) is 30.2 Å². The maximum atomic E-state index is 11.0. The molecule has 0 saturated carbocycles. The molecule has 2 heterocycles. The predicted octanol–water partition coefficient (Wildman–Crippen LogP) is 3.00. The summed E-state index contributed by atoms with van der Waals surface area (Å²) in [5, 5.41) is 11.0. The predicted molar refractivity (Wildman–Crippen MR) is 86.5 cm³/mol. The van der Waals surface area contributed by atoms with Crippen molar-refractivity contribution in [1.82, 2.24) is 15.0 Å². The van der Waals surface area contributed by atoms with Crippen LogP contribution in [0.25, 0.3) is 22.4 Å². The number of anilines is 1. The Morgan fingerprint density at radius 2 is 2.00 bits per heavy atom. The first-order valence-electron chi connectivity index (χ1n) is 6.84. The average Bonchev–Trinajstić information content (AvgIpc) is 2.56. The summed E-state index contributed by atoms with van der Waals surface area (Å²) in [6.45, 7) is 1.88. The highest BCUT2D eigenvalue weighted by molar-refractivity contribution is 5.82. The molecular weight excluding hydrogens is 294 g/mol. The van der Waals surface area contributed by atoms with Crippen molar-refractivity contribution < 1.29 is 4.92 Å². The first-order chi connectivity index (χ1) is 11.1. The lowest BCUT2D eigenvalue weighted by Gasteiger charge is -2.11.